The number of piperidine rings is 1. The summed E-state index contributed by atoms with van der Waals surface area (Å²) in [6.45, 7) is 0.547. The van der Waals surface area contributed by atoms with Gasteiger partial charge in [0.25, 0.3) is 5.91 Å². The molecule has 0 radical (unpaired) electrons. The molecule has 1 saturated carbocycles. The molecule has 1 amide bonds. The summed E-state index contributed by atoms with van der Waals surface area (Å²) < 4.78 is 2.00. The molecule has 1 saturated heterocycles. The Kier molecular flexibility index (Phi) is 3.05. The lowest BCUT2D eigenvalue weighted by Gasteiger charge is -2.33. The SMILES string of the molecule is O=C(O)[C@@H]1CCCCN1C(=O)c1cccn1C1CC1. The maximum Gasteiger partial charge on any atom is 0.326 e. The van der Waals surface area contributed by atoms with Crippen LogP contribution in [0.15, 0.2) is 18.3 Å². The van der Waals surface area contributed by atoms with Gasteiger partial charge in [-0.1, -0.05) is 0 Å². The number of rotatable bonds is 3. The fourth-order valence-corrected chi connectivity index (χ4v) is 2.82. The lowest BCUT2D eigenvalue weighted by molar-refractivity contribution is -0.143. The van der Waals surface area contributed by atoms with Crippen molar-refractivity contribution in [1.29, 1.82) is 0 Å². The van der Waals surface area contributed by atoms with Crippen LogP contribution in [-0.2, 0) is 4.79 Å². The number of carbonyl (C=O) groups excluding carboxylic acids is 1. The molecular formula is C14H18N2O3. The van der Waals surface area contributed by atoms with E-state index in [1.807, 2.05) is 16.8 Å². The van der Waals surface area contributed by atoms with Crippen molar-refractivity contribution in [2.24, 2.45) is 0 Å². The van der Waals surface area contributed by atoms with Crippen molar-refractivity contribution in [2.75, 3.05) is 6.54 Å². The van der Waals surface area contributed by atoms with Gasteiger partial charge in [0.15, 0.2) is 0 Å². The number of aliphatic carboxylic acids is 1. The number of carboxylic acid groups (broad SMARTS) is 1. The van der Waals surface area contributed by atoms with Crippen LogP contribution in [0.4, 0.5) is 0 Å². The first kappa shape index (κ1) is 12.3. The topological polar surface area (TPSA) is 62.5 Å². The number of amides is 1. The summed E-state index contributed by atoms with van der Waals surface area (Å²) in [5.41, 5.74) is 0.635. The van der Waals surface area contributed by atoms with Crippen LogP contribution in [0.1, 0.15) is 48.6 Å². The summed E-state index contributed by atoms with van der Waals surface area (Å²) >= 11 is 0. The normalized spacial score (nSPS) is 23.4. The highest BCUT2D eigenvalue weighted by atomic mass is 16.4. The molecule has 3 rings (SSSR count). The zero-order valence-corrected chi connectivity index (χ0v) is 10.8. The highest BCUT2D eigenvalue weighted by Crippen LogP contribution is 2.36. The predicted molar refractivity (Wildman–Crippen MR) is 69.0 cm³/mol. The smallest absolute Gasteiger partial charge is 0.326 e. The predicted octanol–water partition coefficient (Wildman–Crippen LogP) is 1.90. The Morgan fingerprint density at radius 1 is 1.21 bits per heavy atom. The van der Waals surface area contributed by atoms with Crippen LogP contribution in [0, 0.1) is 0 Å². The fraction of sp³-hybridized carbons (Fsp3) is 0.571. The number of hydrogen-bond acceptors (Lipinski definition) is 2. The molecule has 0 aromatic carbocycles. The lowest BCUT2D eigenvalue weighted by atomic mass is 10.0. The maximum absolute atomic E-state index is 12.6. The van der Waals surface area contributed by atoms with E-state index in [-0.39, 0.29) is 5.91 Å². The van der Waals surface area contributed by atoms with E-state index in [4.69, 9.17) is 0 Å². The molecule has 0 spiro atoms. The van der Waals surface area contributed by atoms with E-state index < -0.39 is 12.0 Å². The number of hydrogen-bond donors (Lipinski definition) is 1. The van der Waals surface area contributed by atoms with Crippen LogP contribution < -0.4 is 0 Å². The fourth-order valence-electron chi connectivity index (χ4n) is 2.82. The van der Waals surface area contributed by atoms with Crippen LogP contribution >= 0.6 is 0 Å². The minimum Gasteiger partial charge on any atom is -0.480 e. The molecule has 2 fully saturated rings. The Hall–Kier alpha value is -1.78. The first-order chi connectivity index (χ1) is 9.18. The summed E-state index contributed by atoms with van der Waals surface area (Å²) in [6, 6.07) is 3.44. The molecule has 1 N–H and O–H groups in total. The summed E-state index contributed by atoms with van der Waals surface area (Å²) in [6.07, 6.45) is 6.47. The maximum atomic E-state index is 12.6. The van der Waals surface area contributed by atoms with E-state index in [0.29, 0.717) is 24.7 Å². The van der Waals surface area contributed by atoms with Gasteiger partial charge in [-0.05, 0) is 44.2 Å². The van der Waals surface area contributed by atoms with Crippen LogP contribution in [0.2, 0.25) is 0 Å². The van der Waals surface area contributed by atoms with E-state index in [0.717, 1.165) is 25.7 Å². The Bertz CT molecular complexity index is 505. The molecule has 102 valence electrons. The Balaban J connectivity index is 1.85. The summed E-state index contributed by atoms with van der Waals surface area (Å²) in [7, 11) is 0. The molecule has 1 aromatic rings. The molecular weight excluding hydrogens is 244 g/mol. The molecule has 1 aromatic heterocycles. The van der Waals surface area contributed by atoms with Crippen molar-refractivity contribution in [3.63, 3.8) is 0 Å². The molecule has 1 aliphatic carbocycles. The second-order valence-corrected chi connectivity index (χ2v) is 5.38. The summed E-state index contributed by atoms with van der Waals surface area (Å²) in [5, 5.41) is 9.25. The largest absolute Gasteiger partial charge is 0.480 e. The highest BCUT2D eigenvalue weighted by molar-refractivity contribution is 5.95. The summed E-state index contributed by atoms with van der Waals surface area (Å²) in [5.74, 6) is -1.03. The van der Waals surface area contributed by atoms with Crippen LogP contribution in [0.25, 0.3) is 0 Å². The van der Waals surface area contributed by atoms with Gasteiger partial charge >= 0.3 is 5.97 Å². The van der Waals surface area contributed by atoms with Crippen LogP contribution in [0.5, 0.6) is 0 Å². The van der Waals surface area contributed by atoms with Gasteiger partial charge in [0.05, 0.1) is 0 Å². The molecule has 1 aliphatic heterocycles. The van der Waals surface area contributed by atoms with Gasteiger partial charge < -0.3 is 14.6 Å². The van der Waals surface area contributed by atoms with Crippen molar-refractivity contribution < 1.29 is 14.7 Å². The Morgan fingerprint density at radius 3 is 2.68 bits per heavy atom. The van der Waals surface area contributed by atoms with Gasteiger partial charge in [-0.15, -0.1) is 0 Å². The average Bonchev–Trinajstić information content (AvgIpc) is 3.15. The molecule has 2 aliphatic rings. The third-order valence-corrected chi connectivity index (χ3v) is 3.99. The third kappa shape index (κ3) is 2.25. The van der Waals surface area contributed by atoms with Crippen molar-refractivity contribution >= 4 is 11.9 Å². The number of carboxylic acids is 1. The minimum atomic E-state index is -0.891. The third-order valence-electron chi connectivity index (χ3n) is 3.99. The number of aromatic nitrogens is 1. The highest BCUT2D eigenvalue weighted by Gasteiger charge is 2.35. The molecule has 19 heavy (non-hydrogen) atoms. The first-order valence-corrected chi connectivity index (χ1v) is 6.89. The van der Waals surface area contributed by atoms with E-state index in [2.05, 4.69) is 0 Å². The van der Waals surface area contributed by atoms with Crippen molar-refractivity contribution in [3.05, 3.63) is 24.0 Å². The summed E-state index contributed by atoms with van der Waals surface area (Å²) in [4.78, 5) is 25.4. The lowest BCUT2D eigenvalue weighted by Crippen LogP contribution is -2.48. The first-order valence-electron chi connectivity index (χ1n) is 6.89. The van der Waals surface area contributed by atoms with Gasteiger partial charge in [0, 0.05) is 18.8 Å². The molecule has 0 unspecified atom stereocenters. The van der Waals surface area contributed by atoms with E-state index in [1.165, 1.54) is 4.90 Å². The second kappa shape index (κ2) is 4.72. The molecule has 2 heterocycles. The van der Waals surface area contributed by atoms with Crippen LogP contribution in [-0.4, -0.2) is 39.0 Å². The molecule has 5 nitrogen and oxygen atoms in total. The van der Waals surface area contributed by atoms with E-state index in [9.17, 15) is 14.7 Å². The van der Waals surface area contributed by atoms with Crippen LogP contribution in [0.3, 0.4) is 0 Å². The zero-order valence-electron chi connectivity index (χ0n) is 10.8. The van der Waals surface area contributed by atoms with Gasteiger partial charge in [-0.3, -0.25) is 4.79 Å². The van der Waals surface area contributed by atoms with Gasteiger partial charge in [0.2, 0.25) is 0 Å². The average molecular weight is 262 g/mol. The number of nitrogens with zero attached hydrogens (tertiary/aromatic N) is 2. The van der Waals surface area contributed by atoms with E-state index >= 15 is 0 Å². The van der Waals surface area contributed by atoms with Crippen molar-refractivity contribution in [3.8, 4) is 0 Å². The minimum absolute atomic E-state index is 0.135. The monoisotopic (exact) mass is 262 g/mol. The second-order valence-electron chi connectivity index (χ2n) is 5.38. The van der Waals surface area contributed by atoms with Gasteiger partial charge in [-0.2, -0.15) is 0 Å². The molecule has 5 heteroatoms. The number of likely N-dealkylation sites (tertiary alicyclic amines) is 1. The quantitative estimate of drug-likeness (QED) is 0.905. The van der Waals surface area contributed by atoms with E-state index in [1.54, 1.807) is 6.07 Å². The molecule has 1 atom stereocenters. The van der Waals surface area contributed by atoms with Gasteiger partial charge in [0.1, 0.15) is 11.7 Å². The van der Waals surface area contributed by atoms with Crippen molar-refractivity contribution in [2.45, 2.75) is 44.2 Å². The standard InChI is InChI=1S/C14H18N2O3/c17-13(11-5-3-9-15(11)10-6-7-10)16-8-2-1-4-12(16)14(18)19/h3,5,9-10,12H,1-2,4,6-8H2,(H,18,19)/t12-/m0/s1. The molecule has 0 bridgehead atoms. The zero-order chi connectivity index (χ0) is 13.4. The Morgan fingerprint density at radius 2 is 2.00 bits per heavy atom. The Labute approximate surface area is 111 Å². The number of carbonyl (C=O) groups is 2. The van der Waals surface area contributed by atoms with Gasteiger partial charge in [-0.25, -0.2) is 4.79 Å². The van der Waals surface area contributed by atoms with Crippen molar-refractivity contribution in [1.82, 2.24) is 9.47 Å².